The van der Waals surface area contributed by atoms with Crippen LogP contribution >= 0.6 is 0 Å². The van der Waals surface area contributed by atoms with Gasteiger partial charge in [-0.3, -0.25) is 4.98 Å². The fourth-order valence-corrected chi connectivity index (χ4v) is 4.79. The molecule has 1 aromatic heterocycles. The molecule has 1 aliphatic heterocycles. The Labute approximate surface area is 106 Å². The molecule has 0 amide bonds. The first-order valence-corrected chi connectivity index (χ1v) is 8.80. The molecule has 1 fully saturated rings. The van der Waals surface area contributed by atoms with Crippen LogP contribution in [0.2, 0.25) is 0 Å². The van der Waals surface area contributed by atoms with Crippen molar-refractivity contribution in [3.8, 4) is 0 Å². The zero-order valence-electron chi connectivity index (χ0n) is 9.61. The van der Waals surface area contributed by atoms with Gasteiger partial charge >= 0.3 is 0 Å². The van der Waals surface area contributed by atoms with Crippen LogP contribution in [0.15, 0.2) is 29.4 Å². The number of sulfonamides is 1. The summed E-state index contributed by atoms with van der Waals surface area (Å²) < 4.78 is 48.6. The first-order valence-electron chi connectivity index (χ1n) is 5.49. The van der Waals surface area contributed by atoms with Crippen LogP contribution in [0.4, 0.5) is 0 Å². The van der Waals surface area contributed by atoms with Crippen molar-refractivity contribution in [2.24, 2.45) is 5.92 Å². The van der Waals surface area contributed by atoms with Gasteiger partial charge in [-0.2, -0.15) is 0 Å². The Morgan fingerprint density at radius 3 is 2.78 bits per heavy atom. The molecule has 18 heavy (non-hydrogen) atoms. The predicted octanol–water partition coefficient (Wildman–Crippen LogP) is -0.205. The van der Waals surface area contributed by atoms with E-state index < -0.39 is 19.9 Å². The molecule has 6 nitrogen and oxygen atoms in total. The van der Waals surface area contributed by atoms with Gasteiger partial charge in [0.25, 0.3) is 0 Å². The summed E-state index contributed by atoms with van der Waals surface area (Å²) in [5.74, 6) is 0.0657. The molecule has 2 rings (SSSR count). The number of hydrogen-bond donors (Lipinski definition) is 1. The predicted molar refractivity (Wildman–Crippen MR) is 66.2 cm³/mol. The molecule has 0 bridgehead atoms. The lowest BCUT2D eigenvalue weighted by molar-refractivity contribution is 0.543. The molecule has 1 aromatic rings. The summed E-state index contributed by atoms with van der Waals surface area (Å²) in [5.41, 5.74) is 0. The van der Waals surface area contributed by atoms with Gasteiger partial charge in [-0.25, -0.2) is 21.6 Å². The molecule has 1 N–H and O–H groups in total. The highest BCUT2D eigenvalue weighted by molar-refractivity contribution is 7.91. The van der Waals surface area contributed by atoms with Crippen LogP contribution in [0.1, 0.15) is 6.42 Å². The van der Waals surface area contributed by atoms with E-state index in [-0.39, 0.29) is 28.9 Å². The maximum absolute atomic E-state index is 11.8. The average Bonchev–Trinajstić information content (AvgIpc) is 2.68. The Bertz CT molecular complexity index is 611. The first kappa shape index (κ1) is 13.4. The molecule has 1 aliphatic rings. The maximum Gasteiger partial charge on any atom is 0.242 e. The van der Waals surface area contributed by atoms with E-state index in [0.717, 1.165) is 0 Å². The van der Waals surface area contributed by atoms with Crippen LogP contribution in [0.25, 0.3) is 0 Å². The Morgan fingerprint density at radius 1 is 1.44 bits per heavy atom. The molecule has 8 heteroatoms. The fraction of sp³-hybridized carbons (Fsp3) is 0.500. The molecule has 1 saturated heterocycles. The third-order valence-corrected chi connectivity index (χ3v) is 6.08. The van der Waals surface area contributed by atoms with Crippen LogP contribution in [0, 0.1) is 5.92 Å². The SMILES string of the molecule is O=S1(=O)CCC(CNS(=O)(=O)c2cccnc2)C1. The van der Waals surface area contributed by atoms with Crippen LogP contribution in [-0.2, 0) is 19.9 Å². The van der Waals surface area contributed by atoms with Crippen LogP contribution in [-0.4, -0.2) is 39.9 Å². The lowest BCUT2D eigenvalue weighted by Gasteiger charge is -2.09. The molecule has 2 heterocycles. The van der Waals surface area contributed by atoms with Crippen molar-refractivity contribution in [1.29, 1.82) is 0 Å². The van der Waals surface area contributed by atoms with Gasteiger partial charge in [0.15, 0.2) is 9.84 Å². The van der Waals surface area contributed by atoms with Gasteiger partial charge in [0.05, 0.1) is 11.5 Å². The van der Waals surface area contributed by atoms with E-state index in [1.807, 2.05) is 0 Å². The fourth-order valence-electron chi connectivity index (χ4n) is 1.85. The largest absolute Gasteiger partial charge is 0.263 e. The highest BCUT2D eigenvalue weighted by Crippen LogP contribution is 2.18. The van der Waals surface area contributed by atoms with Crippen molar-refractivity contribution in [2.75, 3.05) is 18.1 Å². The van der Waals surface area contributed by atoms with E-state index in [2.05, 4.69) is 9.71 Å². The Hall–Kier alpha value is -0.990. The van der Waals surface area contributed by atoms with Crippen LogP contribution < -0.4 is 4.72 Å². The molecule has 0 radical (unpaired) electrons. The minimum absolute atomic E-state index is 0.0581. The van der Waals surface area contributed by atoms with Gasteiger partial charge in [-0.05, 0) is 24.5 Å². The van der Waals surface area contributed by atoms with Gasteiger partial charge in [0, 0.05) is 18.9 Å². The van der Waals surface area contributed by atoms with E-state index in [1.165, 1.54) is 24.5 Å². The number of pyridine rings is 1. The number of aromatic nitrogens is 1. The second-order valence-corrected chi connectivity index (χ2v) is 8.31. The summed E-state index contributed by atoms with van der Waals surface area (Å²) in [6.07, 6.45) is 3.26. The Morgan fingerprint density at radius 2 is 2.22 bits per heavy atom. The van der Waals surface area contributed by atoms with E-state index >= 15 is 0 Å². The van der Waals surface area contributed by atoms with Crippen molar-refractivity contribution in [3.05, 3.63) is 24.5 Å². The molecular weight excluding hydrogens is 276 g/mol. The lowest BCUT2D eigenvalue weighted by atomic mass is 10.1. The van der Waals surface area contributed by atoms with Gasteiger partial charge in [0.1, 0.15) is 4.90 Å². The monoisotopic (exact) mass is 290 g/mol. The summed E-state index contributed by atoms with van der Waals surface area (Å²) in [6, 6.07) is 2.98. The number of nitrogens with one attached hydrogen (secondary N) is 1. The molecular formula is C10H14N2O4S2. The molecule has 0 spiro atoms. The third kappa shape index (κ3) is 3.27. The van der Waals surface area contributed by atoms with E-state index in [9.17, 15) is 16.8 Å². The van der Waals surface area contributed by atoms with Crippen molar-refractivity contribution in [3.63, 3.8) is 0 Å². The van der Waals surface area contributed by atoms with Gasteiger partial charge < -0.3 is 0 Å². The van der Waals surface area contributed by atoms with E-state index in [0.29, 0.717) is 6.42 Å². The minimum Gasteiger partial charge on any atom is -0.263 e. The summed E-state index contributed by atoms with van der Waals surface area (Å²) in [4.78, 5) is 3.83. The highest BCUT2D eigenvalue weighted by Gasteiger charge is 2.28. The molecule has 0 saturated carbocycles. The molecule has 1 atom stereocenters. The van der Waals surface area contributed by atoms with Crippen molar-refractivity contribution < 1.29 is 16.8 Å². The molecule has 0 aromatic carbocycles. The molecule has 1 unspecified atom stereocenters. The van der Waals surface area contributed by atoms with Gasteiger partial charge in [-0.15, -0.1) is 0 Å². The zero-order valence-corrected chi connectivity index (χ0v) is 11.2. The number of rotatable bonds is 4. The number of sulfone groups is 1. The normalized spacial score (nSPS) is 23.0. The first-order chi connectivity index (χ1) is 8.39. The van der Waals surface area contributed by atoms with Gasteiger partial charge in [-0.1, -0.05) is 0 Å². The minimum atomic E-state index is -3.59. The second-order valence-electron chi connectivity index (χ2n) is 4.31. The molecule has 0 aliphatic carbocycles. The summed E-state index contributed by atoms with van der Waals surface area (Å²) in [5, 5.41) is 0. The zero-order chi connectivity index (χ0) is 13.2. The summed E-state index contributed by atoms with van der Waals surface area (Å²) >= 11 is 0. The maximum atomic E-state index is 11.8. The Balaban J connectivity index is 1.99. The molecule has 100 valence electrons. The highest BCUT2D eigenvalue weighted by atomic mass is 32.2. The van der Waals surface area contributed by atoms with Crippen molar-refractivity contribution in [1.82, 2.24) is 9.71 Å². The Kier molecular flexibility index (Phi) is 3.69. The second kappa shape index (κ2) is 4.94. The van der Waals surface area contributed by atoms with E-state index in [4.69, 9.17) is 0 Å². The van der Waals surface area contributed by atoms with Crippen LogP contribution in [0.3, 0.4) is 0 Å². The lowest BCUT2D eigenvalue weighted by Crippen LogP contribution is -2.30. The van der Waals surface area contributed by atoms with Crippen molar-refractivity contribution in [2.45, 2.75) is 11.3 Å². The average molecular weight is 290 g/mol. The summed E-state index contributed by atoms with van der Waals surface area (Å²) in [7, 11) is -6.57. The topological polar surface area (TPSA) is 93.2 Å². The van der Waals surface area contributed by atoms with E-state index in [1.54, 1.807) is 0 Å². The third-order valence-electron chi connectivity index (χ3n) is 2.83. The quantitative estimate of drug-likeness (QED) is 0.828. The number of hydrogen-bond acceptors (Lipinski definition) is 5. The smallest absolute Gasteiger partial charge is 0.242 e. The van der Waals surface area contributed by atoms with Crippen LogP contribution in [0.5, 0.6) is 0 Å². The number of nitrogens with zero attached hydrogens (tertiary/aromatic N) is 1. The summed E-state index contributed by atoms with van der Waals surface area (Å²) in [6.45, 7) is 0.149. The van der Waals surface area contributed by atoms with Crippen molar-refractivity contribution >= 4 is 19.9 Å². The van der Waals surface area contributed by atoms with Gasteiger partial charge in [0.2, 0.25) is 10.0 Å². The standard InChI is InChI=1S/C10H14N2O4S2/c13-17(14)5-3-9(8-17)6-12-18(15,16)10-2-1-4-11-7-10/h1-2,4,7,9,12H,3,5-6,8H2.